The Hall–Kier alpha value is -2.35. The van der Waals surface area contributed by atoms with Crippen LogP contribution in [0.15, 0.2) is 39.4 Å². The first-order chi connectivity index (χ1) is 9.06. The van der Waals surface area contributed by atoms with Crippen LogP contribution >= 0.6 is 15.9 Å². The van der Waals surface area contributed by atoms with E-state index in [0.29, 0.717) is 17.2 Å². The van der Waals surface area contributed by atoms with Crippen molar-refractivity contribution in [2.45, 2.75) is 0 Å². The van der Waals surface area contributed by atoms with Crippen LogP contribution in [0.4, 0.5) is 11.7 Å². The van der Waals surface area contributed by atoms with Gasteiger partial charge < -0.3 is 10.2 Å². The van der Waals surface area contributed by atoms with E-state index in [4.69, 9.17) is 10.2 Å². The molecule has 3 aromatic heterocycles. The predicted octanol–water partition coefficient (Wildman–Crippen LogP) is 2.85. The maximum absolute atomic E-state index is 10.6. The molecule has 0 aliphatic rings. The number of hydrogen-bond donors (Lipinski definition) is 1. The minimum absolute atomic E-state index is 0.268. The highest BCUT2D eigenvalue weighted by atomic mass is 79.9. The number of nitrogen functional groups attached to an aromatic ring is 1. The number of rotatable bonds is 2. The van der Waals surface area contributed by atoms with E-state index in [1.54, 1.807) is 16.7 Å². The molecule has 8 heteroatoms. The van der Waals surface area contributed by atoms with E-state index in [-0.39, 0.29) is 11.6 Å². The van der Waals surface area contributed by atoms with E-state index in [1.807, 2.05) is 6.07 Å². The number of furan rings is 1. The number of pyridine rings is 1. The third-order valence-electron chi connectivity index (χ3n) is 2.62. The molecule has 0 unspecified atom stereocenters. The fraction of sp³-hybridized carbons (Fsp3) is 0. The van der Waals surface area contributed by atoms with E-state index in [1.165, 1.54) is 12.1 Å². The molecule has 19 heavy (non-hydrogen) atoms. The maximum Gasteiger partial charge on any atom is 0.433 e. The van der Waals surface area contributed by atoms with Gasteiger partial charge >= 0.3 is 5.88 Å². The van der Waals surface area contributed by atoms with Crippen LogP contribution in [0.3, 0.4) is 0 Å². The van der Waals surface area contributed by atoms with Crippen LogP contribution in [0.25, 0.3) is 17.1 Å². The summed E-state index contributed by atoms with van der Waals surface area (Å²) >= 11 is 3.34. The van der Waals surface area contributed by atoms with Gasteiger partial charge in [0.2, 0.25) is 0 Å². The van der Waals surface area contributed by atoms with Crippen LogP contribution in [-0.2, 0) is 0 Å². The zero-order valence-corrected chi connectivity index (χ0v) is 11.0. The number of anilines is 1. The summed E-state index contributed by atoms with van der Waals surface area (Å²) in [4.78, 5) is 14.3. The number of nitrogens with zero attached hydrogens (tertiary/aromatic N) is 3. The molecule has 0 atom stereocenters. The van der Waals surface area contributed by atoms with Gasteiger partial charge in [0.05, 0.1) is 6.07 Å². The molecule has 3 rings (SSSR count). The minimum atomic E-state index is -0.605. The summed E-state index contributed by atoms with van der Waals surface area (Å²) in [5.41, 5.74) is 6.99. The summed E-state index contributed by atoms with van der Waals surface area (Å²) in [6, 6.07) is 6.36. The first kappa shape index (κ1) is 11.7. The molecular weight excluding hydrogens is 316 g/mol. The number of aromatic nitrogens is 2. The van der Waals surface area contributed by atoms with Crippen LogP contribution in [0.1, 0.15) is 0 Å². The lowest BCUT2D eigenvalue weighted by Gasteiger charge is -1.96. The molecule has 96 valence electrons. The lowest BCUT2D eigenvalue weighted by molar-refractivity contribution is -0.401. The molecule has 0 aliphatic carbocycles. The van der Waals surface area contributed by atoms with E-state index < -0.39 is 4.92 Å². The largest absolute Gasteiger partial charge is 0.433 e. The quantitative estimate of drug-likeness (QED) is 0.577. The van der Waals surface area contributed by atoms with E-state index in [2.05, 4.69) is 20.9 Å². The molecule has 0 saturated carbocycles. The van der Waals surface area contributed by atoms with Crippen molar-refractivity contribution < 1.29 is 9.34 Å². The maximum atomic E-state index is 10.6. The van der Waals surface area contributed by atoms with Gasteiger partial charge in [-0.2, -0.15) is 0 Å². The van der Waals surface area contributed by atoms with Crippen LogP contribution < -0.4 is 5.73 Å². The molecule has 0 saturated heterocycles. The van der Waals surface area contributed by atoms with Gasteiger partial charge in [-0.1, -0.05) is 0 Å². The molecule has 0 amide bonds. The Labute approximate surface area is 114 Å². The zero-order valence-electron chi connectivity index (χ0n) is 9.41. The summed E-state index contributed by atoms with van der Waals surface area (Å²) < 4.78 is 7.63. The molecule has 0 spiro atoms. The highest BCUT2D eigenvalue weighted by Crippen LogP contribution is 2.30. The number of nitrogens with two attached hydrogens (primary N) is 1. The Bertz CT molecular complexity index is 792. The second-order valence-electron chi connectivity index (χ2n) is 3.82. The molecule has 0 fully saturated rings. The number of imidazole rings is 1. The molecule has 2 N–H and O–H groups in total. The summed E-state index contributed by atoms with van der Waals surface area (Å²) in [5, 5.41) is 10.6. The Morgan fingerprint density at radius 1 is 1.37 bits per heavy atom. The summed E-state index contributed by atoms with van der Waals surface area (Å²) in [6.07, 6.45) is 1.76. The third-order valence-corrected chi connectivity index (χ3v) is 3.09. The van der Waals surface area contributed by atoms with Gasteiger partial charge in [0.1, 0.15) is 22.1 Å². The fourth-order valence-corrected chi connectivity index (χ4v) is 2.11. The zero-order chi connectivity index (χ0) is 13.6. The summed E-state index contributed by atoms with van der Waals surface area (Å²) in [7, 11) is 0. The van der Waals surface area contributed by atoms with Crippen molar-refractivity contribution in [1.82, 2.24) is 9.38 Å². The molecule has 3 heterocycles. The smallest absolute Gasteiger partial charge is 0.399 e. The first-order valence-electron chi connectivity index (χ1n) is 5.24. The number of fused-ring (bicyclic) bond motifs is 1. The Balaban J connectivity index is 2.19. The average molecular weight is 323 g/mol. The third kappa shape index (κ3) is 1.85. The van der Waals surface area contributed by atoms with Gasteiger partial charge in [0, 0.05) is 10.7 Å². The standard InChI is InChI=1S/C11H7BrN4O3/c12-6-1-3-8-14-10(11(13)15(8)5-6)7-2-4-9(19-7)16(17)18/h1-5H,13H2. The normalized spacial score (nSPS) is 11.0. The van der Waals surface area contributed by atoms with Gasteiger partial charge in [-0.25, -0.2) is 4.98 Å². The van der Waals surface area contributed by atoms with Crippen molar-refractivity contribution in [3.05, 3.63) is 45.0 Å². The second kappa shape index (κ2) is 4.09. The molecule has 3 aromatic rings. The van der Waals surface area contributed by atoms with Crippen molar-refractivity contribution in [3.8, 4) is 11.5 Å². The van der Waals surface area contributed by atoms with Crippen LogP contribution in [0, 0.1) is 10.1 Å². The van der Waals surface area contributed by atoms with E-state index in [9.17, 15) is 10.1 Å². The SMILES string of the molecule is Nc1c(-c2ccc([N+](=O)[O-])o2)nc2ccc(Br)cn12. The molecule has 0 bridgehead atoms. The van der Waals surface area contributed by atoms with Crippen LogP contribution in [-0.4, -0.2) is 14.3 Å². The Morgan fingerprint density at radius 3 is 2.84 bits per heavy atom. The molecule has 0 aliphatic heterocycles. The summed E-state index contributed by atoms with van der Waals surface area (Å²) in [6.45, 7) is 0. The highest BCUT2D eigenvalue weighted by Gasteiger charge is 2.18. The van der Waals surface area contributed by atoms with Gasteiger partial charge in [-0.15, -0.1) is 0 Å². The minimum Gasteiger partial charge on any atom is -0.399 e. The highest BCUT2D eigenvalue weighted by molar-refractivity contribution is 9.10. The molecule has 7 nitrogen and oxygen atoms in total. The summed E-state index contributed by atoms with van der Waals surface area (Å²) in [5.74, 6) is 0.289. The van der Waals surface area contributed by atoms with E-state index >= 15 is 0 Å². The van der Waals surface area contributed by atoms with Crippen LogP contribution in [0.2, 0.25) is 0 Å². The van der Waals surface area contributed by atoms with Gasteiger partial charge in [-0.3, -0.25) is 14.5 Å². The van der Waals surface area contributed by atoms with E-state index in [0.717, 1.165) is 4.47 Å². The van der Waals surface area contributed by atoms with Gasteiger partial charge in [0.25, 0.3) is 0 Å². The van der Waals surface area contributed by atoms with Gasteiger partial charge in [0.15, 0.2) is 5.76 Å². The van der Waals surface area contributed by atoms with Crippen molar-refractivity contribution in [2.75, 3.05) is 5.73 Å². The van der Waals surface area contributed by atoms with Gasteiger partial charge in [-0.05, 0) is 34.1 Å². The average Bonchev–Trinajstić information content (AvgIpc) is 2.95. The van der Waals surface area contributed by atoms with Crippen molar-refractivity contribution in [3.63, 3.8) is 0 Å². The van der Waals surface area contributed by atoms with Crippen molar-refractivity contribution >= 4 is 33.3 Å². The monoisotopic (exact) mass is 322 g/mol. The topological polar surface area (TPSA) is 99.6 Å². The predicted molar refractivity (Wildman–Crippen MR) is 71.7 cm³/mol. The molecule has 0 aromatic carbocycles. The number of halogens is 1. The van der Waals surface area contributed by atoms with Crippen molar-refractivity contribution in [2.24, 2.45) is 0 Å². The second-order valence-corrected chi connectivity index (χ2v) is 4.73. The van der Waals surface area contributed by atoms with Crippen molar-refractivity contribution in [1.29, 1.82) is 0 Å². The fourth-order valence-electron chi connectivity index (χ4n) is 1.77. The molecule has 0 radical (unpaired) electrons. The molecular formula is C11H7BrN4O3. The Morgan fingerprint density at radius 2 is 2.16 bits per heavy atom. The number of nitro groups is 1. The van der Waals surface area contributed by atoms with Crippen LogP contribution in [0.5, 0.6) is 0 Å². The lowest BCUT2D eigenvalue weighted by atomic mass is 10.3. The Kier molecular flexibility index (Phi) is 2.53. The number of hydrogen-bond acceptors (Lipinski definition) is 5. The lowest BCUT2D eigenvalue weighted by Crippen LogP contribution is -1.93. The first-order valence-corrected chi connectivity index (χ1v) is 6.03.